The first-order valence-electron chi connectivity index (χ1n) is 7.50. The fourth-order valence-electron chi connectivity index (χ4n) is 2.16. The molecule has 11 heteroatoms. The van der Waals surface area contributed by atoms with Gasteiger partial charge < -0.3 is 29.4 Å². The molecule has 132 valence electrons. The van der Waals surface area contributed by atoms with Crippen LogP contribution in [-0.4, -0.2) is 59.7 Å². The zero-order valence-electron chi connectivity index (χ0n) is 14.8. The smallest absolute Gasteiger partial charge is 0.737 e. The molecule has 2 N–H and O–H groups in total. The summed E-state index contributed by atoms with van der Waals surface area (Å²) in [5, 5.41) is 25.7. The second-order valence-electron chi connectivity index (χ2n) is 4.89. The van der Waals surface area contributed by atoms with Crippen molar-refractivity contribution in [2.24, 2.45) is 11.0 Å². The van der Waals surface area contributed by atoms with Crippen molar-refractivity contribution in [1.29, 1.82) is 0 Å². The van der Waals surface area contributed by atoms with E-state index in [2.05, 4.69) is 5.28 Å². The Balaban J connectivity index is 0. The molecule has 0 atom stereocenters. The SMILES string of the molecule is CO[Si](CCCN(CCCCCCN)/[N+]([O-])=N/[O-])(OC)OC.[Na+]. The minimum Gasteiger partial charge on any atom is -0.737 e. The van der Waals surface area contributed by atoms with Crippen LogP contribution >= 0.6 is 0 Å². The average Bonchev–Trinajstić information content (AvgIpc) is 2.56. The molecule has 0 rings (SSSR count). The number of nitrogens with two attached hydrogens (primary N) is 1. The summed E-state index contributed by atoms with van der Waals surface area (Å²) in [5.41, 5.74) is 5.43. The Bertz CT molecular complexity index is 303. The first-order valence-corrected chi connectivity index (χ1v) is 9.43. The van der Waals surface area contributed by atoms with Crippen LogP contribution < -0.4 is 35.3 Å². The molecule has 0 saturated heterocycles. The van der Waals surface area contributed by atoms with Gasteiger partial charge in [-0.2, -0.15) is 0 Å². The van der Waals surface area contributed by atoms with Gasteiger partial charge in [0.25, 0.3) is 0 Å². The number of hydrogen-bond donors (Lipinski definition) is 1. The van der Waals surface area contributed by atoms with Crippen LogP contribution in [0, 0.1) is 10.4 Å². The van der Waals surface area contributed by atoms with E-state index in [1.54, 1.807) is 21.3 Å². The summed E-state index contributed by atoms with van der Waals surface area (Å²) in [5.74, 6) is 0. The Labute approximate surface area is 161 Å². The molecule has 0 aromatic rings. The molecule has 0 aliphatic heterocycles. The maximum Gasteiger partial charge on any atom is 1.00 e. The van der Waals surface area contributed by atoms with Gasteiger partial charge in [0, 0.05) is 32.3 Å². The van der Waals surface area contributed by atoms with Gasteiger partial charge in [0.2, 0.25) is 0 Å². The minimum atomic E-state index is -2.65. The molecule has 0 aromatic heterocycles. The summed E-state index contributed by atoms with van der Waals surface area (Å²) in [6.07, 6.45) is 4.38. The maximum absolute atomic E-state index is 11.5. The second-order valence-corrected chi connectivity index (χ2v) is 7.98. The van der Waals surface area contributed by atoms with E-state index in [1.165, 1.54) is 5.01 Å². The summed E-state index contributed by atoms with van der Waals surface area (Å²) in [6.45, 7) is 1.56. The van der Waals surface area contributed by atoms with E-state index in [0.717, 1.165) is 25.7 Å². The van der Waals surface area contributed by atoms with E-state index in [9.17, 15) is 10.4 Å². The first kappa shape index (κ1) is 25.3. The van der Waals surface area contributed by atoms with Crippen LogP contribution in [0.3, 0.4) is 0 Å². The Morgan fingerprint density at radius 2 is 1.52 bits per heavy atom. The number of nitrogens with zero attached hydrogens (tertiary/aromatic N) is 3. The molecule has 0 aromatic carbocycles. The molecule has 0 fully saturated rings. The Hall–Kier alpha value is 0.0569. The number of hydrogen-bond acceptors (Lipinski definition) is 7. The third-order valence-electron chi connectivity index (χ3n) is 3.51. The van der Waals surface area contributed by atoms with E-state index in [1.807, 2.05) is 0 Å². The fourth-order valence-corrected chi connectivity index (χ4v) is 3.86. The summed E-state index contributed by atoms with van der Waals surface area (Å²) in [4.78, 5) is 0.110. The van der Waals surface area contributed by atoms with Gasteiger partial charge in [-0.25, -0.2) is 0 Å². The normalized spacial score (nSPS) is 12.1. The van der Waals surface area contributed by atoms with Crippen LogP contribution in [0.1, 0.15) is 32.1 Å². The summed E-state index contributed by atoms with van der Waals surface area (Å²) < 4.78 is 16.0. The molecule has 23 heavy (non-hydrogen) atoms. The maximum atomic E-state index is 11.5. The van der Waals surface area contributed by atoms with Crippen LogP contribution in [0.5, 0.6) is 0 Å². The number of unbranched alkanes of at least 4 members (excludes halogenated alkanes) is 3. The van der Waals surface area contributed by atoms with E-state index >= 15 is 0 Å². The van der Waals surface area contributed by atoms with Gasteiger partial charge in [0.15, 0.2) is 0 Å². The van der Waals surface area contributed by atoms with Gasteiger partial charge >= 0.3 is 38.4 Å². The monoisotopic (exact) mass is 360 g/mol. The van der Waals surface area contributed by atoms with Crippen molar-refractivity contribution in [2.75, 3.05) is 41.0 Å². The predicted molar refractivity (Wildman–Crippen MR) is 84.7 cm³/mol. The summed E-state index contributed by atoms with van der Waals surface area (Å²) in [7, 11) is 1.98. The van der Waals surface area contributed by atoms with Crippen molar-refractivity contribution in [3.63, 3.8) is 0 Å². The van der Waals surface area contributed by atoms with E-state index < -0.39 is 8.80 Å². The van der Waals surface area contributed by atoms with Crippen molar-refractivity contribution < 1.29 is 47.8 Å². The molecule has 0 heterocycles. The van der Waals surface area contributed by atoms with Crippen LogP contribution in [0.4, 0.5) is 0 Å². The van der Waals surface area contributed by atoms with Crippen molar-refractivity contribution in [3.8, 4) is 0 Å². The van der Waals surface area contributed by atoms with Crippen LogP contribution in [0.15, 0.2) is 5.28 Å². The van der Waals surface area contributed by atoms with Crippen molar-refractivity contribution in [2.45, 2.75) is 38.1 Å². The second kappa shape index (κ2) is 15.6. The number of hydrazine groups is 1. The van der Waals surface area contributed by atoms with Crippen LogP contribution in [0.2, 0.25) is 6.04 Å². The zero-order valence-corrected chi connectivity index (χ0v) is 17.8. The van der Waals surface area contributed by atoms with Gasteiger partial charge in [0.05, 0.1) is 13.1 Å². The van der Waals surface area contributed by atoms with E-state index in [0.29, 0.717) is 32.1 Å². The Morgan fingerprint density at radius 3 is 2.00 bits per heavy atom. The summed E-state index contributed by atoms with van der Waals surface area (Å²) >= 11 is 0. The Morgan fingerprint density at radius 1 is 1.00 bits per heavy atom. The molecule has 0 spiro atoms. The molecule has 9 nitrogen and oxygen atoms in total. The van der Waals surface area contributed by atoms with Gasteiger partial charge in [-0.1, -0.05) is 12.8 Å². The van der Waals surface area contributed by atoms with Crippen molar-refractivity contribution in [3.05, 3.63) is 10.4 Å². The molecule has 0 aliphatic rings. The van der Waals surface area contributed by atoms with E-state index in [-0.39, 0.29) is 34.5 Å². The van der Waals surface area contributed by atoms with E-state index in [4.69, 9.17) is 19.0 Å². The molecule has 0 aliphatic carbocycles. The van der Waals surface area contributed by atoms with Gasteiger partial charge in [0.1, 0.15) is 0 Å². The first-order chi connectivity index (χ1) is 10.6. The minimum absolute atomic E-state index is 0. The zero-order chi connectivity index (χ0) is 16.8. The molecule has 0 unspecified atom stereocenters. The van der Waals surface area contributed by atoms with Gasteiger partial charge in [-0.3, -0.25) is 0 Å². The predicted octanol–water partition coefficient (Wildman–Crippen LogP) is -1.54. The molecule has 0 radical (unpaired) electrons. The largest absolute Gasteiger partial charge is 1.00 e. The molecule has 0 amide bonds. The third-order valence-corrected chi connectivity index (χ3v) is 6.35. The average molecular weight is 360 g/mol. The Kier molecular flexibility index (Phi) is 17.1. The van der Waals surface area contributed by atoms with Crippen molar-refractivity contribution in [1.82, 2.24) is 5.01 Å². The quantitative estimate of drug-likeness (QED) is 0.131. The van der Waals surface area contributed by atoms with Crippen LogP contribution in [-0.2, 0) is 13.3 Å². The fraction of sp³-hybridized carbons (Fsp3) is 1.00. The van der Waals surface area contributed by atoms with Gasteiger partial charge in [-0.05, 0) is 31.1 Å². The topological polar surface area (TPSA) is 118 Å². The molecular weight excluding hydrogens is 331 g/mol. The molecular formula is C12H29N4NaO5Si. The van der Waals surface area contributed by atoms with Crippen molar-refractivity contribution >= 4 is 8.80 Å². The summed E-state index contributed by atoms with van der Waals surface area (Å²) in [6, 6.07) is 0.562. The van der Waals surface area contributed by atoms with Crippen LogP contribution in [0.25, 0.3) is 0 Å². The third kappa shape index (κ3) is 10.5. The van der Waals surface area contributed by atoms with Gasteiger partial charge in [-0.15, -0.1) is 5.01 Å². The molecule has 0 saturated carbocycles. The molecule has 0 bridgehead atoms. The standard InChI is InChI=1S/C12H30N4O5Si.Na/c1-19-22(20-2,21-3)12-8-11-15(16(18)14-17)10-7-5-4-6-9-13;/h17H,4-13H2,1-3H3;/q;+1/p-1/b16-14-;. The number of rotatable bonds is 14.